The fraction of sp³-hybridized carbons (Fsp3) is 0.500. The van der Waals surface area contributed by atoms with Crippen LogP contribution in [0.15, 0.2) is 30.3 Å². The Morgan fingerprint density at radius 3 is 2.56 bits per heavy atom. The van der Waals surface area contributed by atoms with E-state index in [-0.39, 0.29) is 25.0 Å². The Kier molecular flexibility index (Phi) is 6.39. The minimum absolute atomic E-state index is 0.00209. The Bertz CT molecular complexity index is 348. The summed E-state index contributed by atoms with van der Waals surface area (Å²) in [5.74, 6) is 0.00209. The normalized spacial score (nSPS) is 12.2. The van der Waals surface area contributed by atoms with Gasteiger partial charge in [-0.1, -0.05) is 37.3 Å². The number of rotatable bonds is 7. The predicted octanol–water partition coefficient (Wildman–Crippen LogP) is 1.31. The van der Waals surface area contributed by atoms with Crippen LogP contribution in [0.2, 0.25) is 0 Å². The molecule has 1 aromatic rings. The maximum absolute atomic E-state index is 12.0. The van der Waals surface area contributed by atoms with E-state index in [1.807, 2.05) is 37.3 Å². The number of amides is 1. The van der Waals surface area contributed by atoms with Crippen LogP contribution in [0.5, 0.6) is 0 Å². The van der Waals surface area contributed by atoms with Crippen molar-refractivity contribution >= 4 is 5.91 Å². The molecule has 100 valence electrons. The number of aliphatic hydroxyl groups excluding tert-OH is 1. The molecule has 4 nitrogen and oxygen atoms in total. The minimum atomic E-state index is -0.281. The van der Waals surface area contributed by atoms with Crippen LogP contribution in [0.3, 0.4) is 0 Å². The fourth-order valence-corrected chi connectivity index (χ4v) is 1.89. The third-order valence-corrected chi connectivity index (χ3v) is 2.84. The molecule has 1 unspecified atom stereocenters. The molecule has 3 N–H and O–H groups in total. The zero-order chi connectivity index (χ0) is 13.4. The number of nitrogens with two attached hydrogens (primary N) is 1. The first-order chi connectivity index (χ1) is 8.69. The molecular weight excluding hydrogens is 228 g/mol. The molecule has 18 heavy (non-hydrogen) atoms. The number of hydrogen-bond donors (Lipinski definition) is 2. The summed E-state index contributed by atoms with van der Waals surface area (Å²) in [5.41, 5.74) is 6.98. The highest BCUT2D eigenvalue weighted by Crippen LogP contribution is 2.14. The van der Waals surface area contributed by atoms with Crippen molar-refractivity contribution in [2.45, 2.75) is 25.8 Å². The summed E-state index contributed by atoms with van der Waals surface area (Å²) in [5, 5.41) is 8.94. The summed E-state index contributed by atoms with van der Waals surface area (Å²) in [6.07, 6.45) is 1.16. The Morgan fingerprint density at radius 1 is 1.33 bits per heavy atom. The highest BCUT2D eigenvalue weighted by molar-refractivity contribution is 5.77. The number of carbonyl (C=O) groups excluding carboxylic acids is 1. The second-order valence-corrected chi connectivity index (χ2v) is 4.33. The van der Waals surface area contributed by atoms with Gasteiger partial charge in [0.15, 0.2) is 0 Å². The van der Waals surface area contributed by atoms with E-state index in [0.29, 0.717) is 13.1 Å². The molecule has 0 aliphatic rings. The van der Waals surface area contributed by atoms with Crippen molar-refractivity contribution in [1.29, 1.82) is 0 Å². The molecule has 0 aliphatic carbocycles. The summed E-state index contributed by atoms with van der Waals surface area (Å²) in [6, 6.07) is 9.32. The topological polar surface area (TPSA) is 66.6 Å². The van der Waals surface area contributed by atoms with E-state index >= 15 is 0 Å². The zero-order valence-electron chi connectivity index (χ0n) is 10.9. The summed E-state index contributed by atoms with van der Waals surface area (Å²) in [6.45, 7) is 3.05. The van der Waals surface area contributed by atoms with Crippen LogP contribution in [-0.4, -0.2) is 35.6 Å². The van der Waals surface area contributed by atoms with E-state index in [9.17, 15) is 4.79 Å². The van der Waals surface area contributed by atoms with Gasteiger partial charge in [-0.3, -0.25) is 4.79 Å². The van der Waals surface area contributed by atoms with Crippen molar-refractivity contribution in [3.05, 3.63) is 35.9 Å². The largest absolute Gasteiger partial charge is 0.395 e. The molecule has 0 saturated heterocycles. The van der Waals surface area contributed by atoms with Crippen LogP contribution in [0, 0.1) is 0 Å². The van der Waals surface area contributed by atoms with Gasteiger partial charge >= 0.3 is 0 Å². The molecule has 4 heteroatoms. The first kappa shape index (κ1) is 14.7. The van der Waals surface area contributed by atoms with Crippen molar-refractivity contribution in [2.24, 2.45) is 5.73 Å². The molecule has 0 radical (unpaired) electrons. The zero-order valence-corrected chi connectivity index (χ0v) is 10.9. The van der Waals surface area contributed by atoms with Crippen LogP contribution >= 0.6 is 0 Å². The molecule has 0 aliphatic heterocycles. The van der Waals surface area contributed by atoms with Gasteiger partial charge in [0.05, 0.1) is 6.61 Å². The van der Waals surface area contributed by atoms with Crippen molar-refractivity contribution in [3.8, 4) is 0 Å². The Balaban J connectivity index is 2.57. The Labute approximate surface area is 108 Å². The first-order valence-electron chi connectivity index (χ1n) is 6.38. The third-order valence-electron chi connectivity index (χ3n) is 2.84. The molecule has 0 heterocycles. The van der Waals surface area contributed by atoms with Crippen LogP contribution in [0.4, 0.5) is 0 Å². The van der Waals surface area contributed by atoms with Gasteiger partial charge in [0.2, 0.25) is 5.91 Å². The number of benzene rings is 1. The lowest BCUT2D eigenvalue weighted by Crippen LogP contribution is -2.36. The second-order valence-electron chi connectivity index (χ2n) is 4.33. The van der Waals surface area contributed by atoms with E-state index in [2.05, 4.69) is 0 Å². The van der Waals surface area contributed by atoms with Crippen molar-refractivity contribution < 1.29 is 9.90 Å². The number of hydrogen-bond acceptors (Lipinski definition) is 3. The molecule has 0 aromatic heterocycles. The van der Waals surface area contributed by atoms with E-state index in [1.54, 1.807) is 4.90 Å². The van der Waals surface area contributed by atoms with Gasteiger partial charge < -0.3 is 15.7 Å². The average Bonchev–Trinajstić information content (AvgIpc) is 2.39. The molecule has 0 bridgehead atoms. The van der Waals surface area contributed by atoms with E-state index in [1.165, 1.54) is 0 Å². The molecule has 1 amide bonds. The standard InChI is InChI=1S/C14H22N2O2/c1-2-8-16(9-10-17)14(18)11-13(15)12-6-4-3-5-7-12/h3-7,13,17H,2,8-11,15H2,1H3. The van der Waals surface area contributed by atoms with Crippen LogP contribution in [0.25, 0.3) is 0 Å². The van der Waals surface area contributed by atoms with Gasteiger partial charge in [0.1, 0.15) is 0 Å². The molecule has 1 aromatic carbocycles. The lowest BCUT2D eigenvalue weighted by molar-refractivity contribution is -0.132. The van der Waals surface area contributed by atoms with Crippen molar-refractivity contribution in [2.75, 3.05) is 19.7 Å². The highest BCUT2D eigenvalue weighted by Gasteiger charge is 2.16. The number of aliphatic hydroxyl groups is 1. The smallest absolute Gasteiger partial charge is 0.224 e. The fourth-order valence-electron chi connectivity index (χ4n) is 1.89. The van der Waals surface area contributed by atoms with Crippen molar-refractivity contribution in [3.63, 3.8) is 0 Å². The summed E-state index contributed by atoms with van der Waals surface area (Å²) in [4.78, 5) is 13.7. The monoisotopic (exact) mass is 250 g/mol. The second kappa shape index (κ2) is 7.84. The third kappa shape index (κ3) is 4.47. The average molecular weight is 250 g/mol. The van der Waals surface area contributed by atoms with Crippen LogP contribution in [-0.2, 0) is 4.79 Å². The van der Waals surface area contributed by atoms with Gasteiger partial charge in [-0.25, -0.2) is 0 Å². The van der Waals surface area contributed by atoms with E-state index < -0.39 is 0 Å². The van der Waals surface area contributed by atoms with E-state index in [0.717, 1.165) is 12.0 Å². The molecular formula is C14H22N2O2. The summed E-state index contributed by atoms with van der Waals surface area (Å²) < 4.78 is 0. The molecule has 0 saturated carbocycles. The van der Waals surface area contributed by atoms with Crippen LogP contribution in [0.1, 0.15) is 31.4 Å². The van der Waals surface area contributed by atoms with Gasteiger partial charge in [0.25, 0.3) is 0 Å². The Hall–Kier alpha value is -1.39. The minimum Gasteiger partial charge on any atom is -0.395 e. The van der Waals surface area contributed by atoms with Crippen LogP contribution < -0.4 is 5.73 Å². The number of carbonyl (C=O) groups is 1. The molecule has 0 spiro atoms. The SMILES string of the molecule is CCCN(CCO)C(=O)CC(N)c1ccccc1. The summed E-state index contributed by atoms with van der Waals surface area (Å²) >= 11 is 0. The quantitative estimate of drug-likeness (QED) is 0.766. The molecule has 0 fully saturated rings. The highest BCUT2D eigenvalue weighted by atomic mass is 16.3. The van der Waals surface area contributed by atoms with Gasteiger partial charge in [-0.05, 0) is 12.0 Å². The predicted molar refractivity (Wildman–Crippen MR) is 71.9 cm³/mol. The maximum atomic E-state index is 12.0. The lowest BCUT2D eigenvalue weighted by atomic mass is 10.0. The van der Waals surface area contributed by atoms with Gasteiger partial charge in [-0.2, -0.15) is 0 Å². The maximum Gasteiger partial charge on any atom is 0.224 e. The first-order valence-corrected chi connectivity index (χ1v) is 6.38. The van der Waals surface area contributed by atoms with Gasteiger partial charge in [0, 0.05) is 25.6 Å². The lowest BCUT2D eigenvalue weighted by Gasteiger charge is -2.23. The molecule has 1 atom stereocenters. The van der Waals surface area contributed by atoms with Crippen molar-refractivity contribution in [1.82, 2.24) is 4.90 Å². The number of nitrogens with zero attached hydrogens (tertiary/aromatic N) is 1. The Morgan fingerprint density at radius 2 is 2.00 bits per heavy atom. The molecule has 1 rings (SSSR count). The van der Waals surface area contributed by atoms with E-state index in [4.69, 9.17) is 10.8 Å². The van der Waals surface area contributed by atoms with Gasteiger partial charge in [-0.15, -0.1) is 0 Å². The summed E-state index contributed by atoms with van der Waals surface area (Å²) in [7, 11) is 0.